The largest absolute Gasteiger partial charge is 0.278 e. The molecule has 1 aliphatic heterocycles. The maximum atomic E-state index is 12.2. The summed E-state index contributed by atoms with van der Waals surface area (Å²) in [5, 5.41) is 1.56. The van der Waals surface area contributed by atoms with Crippen LogP contribution in [0.1, 0.15) is 50.0 Å². The van der Waals surface area contributed by atoms with Crippen LogP contribution in [-0.2, 0) is 4.79 Å². The first-order valence-electron chi connectivity index (χ1n) is 9.12. The summed E-state index contributed by atoms with van der Waals surface area (Å²) in [6.45, 7) is 0. The highest BCUT2D eigenvalue weighted by Gasteiger charge is 2.26. The lowest BCUT2D eigenvalue weighted by molar-refractivity contribution is -0.116. The zero-order valence-electron chi connectivity index (χ0n) is 14.3. The summed E-state index contributed by atoms with van der Waals surface area (Å²) in [5.41, 5.74) is 6.27. The van der Waals surface area contributed by atoms with Gasteiger partial charge in [-0.25, -0.2) is 10.0 Å². The Hall–Kier alpha value is -2.62. The van der Waals surface area contributed by atoms with Gasteiger partial charge in [0.25, 0.3) is 5.91 Å². The van der Waals surface area contributed by atoms with Gasteiger partial charge >= 0.3 is 0 Å². The van der Waals surface area contributed by atoms with Crippen LogP contribution in [0.5, 0.6) is 0 Å². The molecule has 0 atom stereocenters. The minimum Gasteiger partial charge on any atom is -0.278 e. The number of anilines is 1. The molecule has 0 aromatic heterocycles. The molecule has 1 heterocycles. The molecule has 0 spiro atoms. The molecule has 0 unspecified atom stereocenters. The number of hydrogen-bond acceptors (Lipinski definition) is 2. The third-order valence-electron chi connectivity index (χ3n) is 5.06. The monoisotopic (exact) mass is 333 g/mol. The van der Waals surface area contributed by atoms with Crippen LogP contribution >= 0.6 is 0 Å². The standard InChI is InChI=1S/C21H23N3O/c25-21-15-20(23-24(21)19-9-5-2-6-10-19)22-18-13-11-17(12-14-18)16-7-3-1-4-8-16/h2,5-6,9-14,16H,1,3-4,7-8,15H2,(H,22,23). The van der Waals surface area contributed by atoms with E-state index in [0.717, 1.165) is 11.4 Å². The molecule has 1 N–H and O–H groups in total. The number of aliphatic imine (C=N–C) groups is 1. The maximum Gasteiger partial charge on any atom is 0.253 e. The average molecular weight is 333 g/mol. The molecular weight excluding hydrogens is 310 g/mol. The van der Waals surface area contributed by atoms with E-state index < -0.39 is 0 Å². The van der Waals surface area contributed by atoms with Gasteiger partial charge in [-0.2, -0.15) is 0 Å². The number of nitrogens with one attached hydrogen (secondary N) is 1. The fourth-order valence-corrected chi connectivity index (χ4v) is 3.72. The Morgan fingerprint density at radius 3 is 2.36 bits per heavy atom. The van der Waals surface area contributed by atoms with Gasteiger partial charge in [-0.15, -0.1) is 0 Å². The maximum absolute atomic E-state index is 12.2. The molecule has 4 rings (SSSR count). The van der Waals surface area contributed by atoms with Gasteiger partial charge in [0, 0.05) is 0 Å². The van der Waals surface area contributed by atoms with Gasteiger partial charge in [-0.1, -0.05) is 49.6 Å². The van der Waals surface area contributed by atoms with Crippen molar-refractivity contribution in [1.82, 2.24) is 5.43 Å². The van der Waals surface area contributed by atoms with Crippen LogP contribution in [0.15, 0.2) is 59.6 Å². The van der Waals surface area contributed by atoms with Crippen molar-refractivity contribution in [2.45, 2.75) is 44.4 Å². The highest BCUT2D eigenvalue weighted by atomic mass is 16.2. The lowest BCUT2D eigenvalue weighted by Gasteiger charge is -2.21. The van der Waals surface area contributed by atoms with Gasteiger partial charge in [-0.05, 0) is 48.6 Å². The molecule has 2 fully saturated rings. The fourth-order valence-electron chi connectivity index (χ4n) is 3.72. The third kappa shape index (κ3) is 3.58. The van der Waals surface area contributed by atoms with Gasteiger partial charge in [0.2, 0.25) is 0 Å². The summed E-state index contributed by atoms with van der Waals surface area (Å²) < 4.78 is 0. The molecule has 1 saturated heterocycles. The number of amides is 1. The van der Waals surface area contributed by atoms with E-state index in [1.165, 1.54) is 37.7 Å². The van der Waals surface area contributed by atoms with Crippen molar-refractivity contribution in [3.63, 3.8) is 0 Å². The van der Waals surface area contributed by atoms with E-state index in [9.17, 15) is 4.79 Å². The van der Waals surface area contributed by atoms with E-state index in [0.29, 0.717) is 18.2 Å². The molecule has 0 bridgehead atoms. The zero-order chi connectivity index (χ0) is 17.1. The van der Waals surface area contributed by atoms with Crippen LogP contribution in [0, 0.1) is 0 Å². The SMILES string of the molecule is O=C1CC(=Nc2ccc(C3CCCCC3)cc2)NN1c1ccccc1. The van der Waals surface area contributed by atoms with Gasteiger partial charge in [-0.3, -0.25) is 10.2 Å². The second-order valence-corrected chi connectivity index (χ2v) is 6.84. The van der Waals surface area contributed by atoms with Gasteiger partial charge in [0.15, 0.2) is 0 Å². The lowest BCUT2D eigenvalue weighted by atomic mass is 9.84. The summed E-state index contributed by atoms with van der Waals surface area (Å²) in [5.74, 6) is 1.42. The van der Waals surface area contributed by atoms with Crippen LogP contribution in [0.4, 0.5) is 11.4 Å². The number of carbonyl (C=O) groups is 1. The lowest BCUT2D eigenvalue weighted by Crippen LogP contribution is -2.35. The Morgan fingerprint density at radius 1 is 0.920 bits per heavy atom. The number of nitrogens with zero attached hydrogens (tertiary/aromatic N) is 2. The van der Waals surface area contributed by atoms with Crippen LogP contribution in [0.25, 0.3) is 0 Å². The predicted octanol–water partition coefficient (Wildman–Crippen LogP) is 4.71. The van der Waals surface area contributed by atoms with Crippen molar-refractivity contribution >= 4 is 23.1 Å². The Balaban J connectivity index is 1.47. The zero-order valence-corrected chi connectivity index (χ0v) is 14.3. The Kier molecular flexibility index (Phi) is 4.51. The fraction of sp³-hybridized carbons (Fsp3) is 0.333. The molecule has 25 heavy (non-hydrogen) atoms. The molecule has 0 radical (unpaired) electrons. The normalized spacial score (nSPS) is 20.1. The summed E-state index contributed by atoms with van der Waals surface area (Å²) in [6, 6.07) is 18.1. The number of amidine groups is 1. The smallest absolute Gasteiger partial charge is 0.253 e. The molecule has 4 nitrogen and oxygen atoms in total. The number of benzene rings is 2. The van der Waals surface area contributed by atoms with Gasteiger partial charge < -0.3 is 0 Å². The van der Waals surface area contributed by atoms with Crippen molar-refractivity contribution in [3.05, 3.63) is 60.2 Å². The van der Waals surface area contributed by atoms with Crippen LogP contribution < -0.4 is 10.4 Å². The molecule has 2 aromatic carbocycles. The van der Waals surface area contributed by atoms with Crippen LogP contribution in [0.3, 0.4) is 0 Å². The minimum atomic E-state index is 0.0174. The minimum absolute atomic E-state index is 0.0174. The van der Waals surface area contributed by atoms with Crippen molar-refractivity contribution in [2.75, 3.05) is 5.01 Å². The predicted molar refractivity (Wildman–Crippen MR) is 101 cm³/mol. The van der Waals surface area contributed by atoms with E-state index >= 15 is 0 Å². The molecular formula is C21H23N3O. The van der Waals surface area contributed by atoms with Crippen LogP contribution in [0.2, 0.25) is 0 Å². The number of hydrazine groups is 1. The van der Waals surface area contributed by atoms with Gasteiger partial charge in [0.05, 0.1) is 17.8 Å². The van der Waals surface area contributed by atoms with Crippen molar-refractivity contribution in [3.8, 4) is 0 Å². The Bertz CT molecular complexity index is 761. The summed E-state index contributed by atoms with van der Waals surface area (Å²) in [7, 11) is 0. The molecule has 2 aromatic rings. The molecule has 2 aliphatic rings. The molecule has 128 valence electrons. The first kappa shape index (κ1) is 15.9. The van der Waals surface area contributed by atoms with E-state index in [1.54, 1.807) is 5.01 Å². The Labute approximate surface area is 148 Å². The van der Waals surface area contributed by atoms with E-state index in [2.05, 4.69) is 34.7 Å². The van der Waals surface area contributed by atoms with E-state index in [1.807, 2.05) is 30.3 Å². The van der Waals surface area contributed by atoms with Crippen LogP contribution in [-0.4, -0.2) is 11.7 Å². The quantitative estimate of drug-likeness (QED) is 0.884. The van der Waals surface area contributed by atoms with Gasteiger partial charge in [0.1, 0.15) is 5.84 Å². The topological polar surface area (TPSA) is 44.7 Å². The molecule has 1 aliphatic carbocycles. The second-order valence-electron chi connectivity index (χ2n) is 6.84. The first-order chi connectivity index (χ1) is 12.3. The van der Waals surface area contributed by atoms with E-state index in [4.69, 9.17) is 0 Å². The number of para-hydroxylation sites is 1. The van der Waals surface area contributed by atoms with Crippen molar-refractivity contribution in [2.24, 2.45) is 4.99 Å². The third-order valence-corrected chi connectivity index (χ3v) is 5.06. The first-order valence-corrected chi connectivity index (χ1v) is 9.12. The molecule has 4 heteroatoms. The summed E-state index contributed by atoms with van der Waals surface area (Å²) >= 11 is 0. The summed E-state index contributed by atoms with van der Waals surface area (Å²) in [4.78, 5) is 16.8. The second kappa shape index (κ2) is 7.09. The highest BCUT2D eigenvalue weighted by molar-refractivity contribution is 6.14. The molecule has 1 amide bonds. The highest BCUT2D eigenvalue weighted by Crippen LogP contribution is 2.33. The van der Waals surface area contributed by atoms with Crippen molar-refractivity contribution < 1.29 is 4.79 Å². The Morgan fingerprint density at radius 2 is 1.64 bits per heavy atom. The van der Waals surface area contributed by atoms with Crippen molar-refractivity contribution in [1.29, 1.82) is 0 Å². The number of rotatable bonds is 3. The summed E-state index contributed by atoms with van der Waals surface area (Å²) in [6.07, 6.45) is 6.97. The van der Waals surface area contributed by atoms with E-state index in [-0.39, 0.29) is 5.91 Å². The molecule has 1 saturated carbocycles. The number of carbonyl (C=O) groups excluding carboxylic acids is 1. The number of hydrogen-bond donors (Lipinski definition) is 1. The average Bonchev–Trinajstić information content (AvgIpc) is 3.04.